The second-order valence-corrected chi connectivity index (χ2v) is 11.1. The molecule has 1 aliphatic rings. The SMILES string of the molecule is COc1ccc(CN2C(=O)N(Cc3ccc(OC)cc3)[C@H](c3cccc(Br)c3)C2c2cccc(Br)c2)cc1. The topological polar surface area (TPSA) is 42.0 Å². The van der Waals surface area contributed by atoms with Crippen LogP contribution in [0.25, 0.3) is 0 Å². The highest BCUT2D eigenvalue weighted by Gasteiger charge is 2.47. The monoisotopic (exact) mass is 634 g/mol. The van der Waals surface area contributed by atoms with Crippen LogP contribution in [-0.2, 0) is 13.1 Å². The van der Waals surface area contributed by atoms with Crippen LogP contribution >= 0.6 is 31.9 Å². The van der Waals surface area contributed by atoms with E-state index >= 15 is 0 Å². The summed E-state index contributed by atoms with van der Waals surface area (Å²) in [7, 11) is 3.31. The maximum absolute atomic E-state index is 14.3. The molecule has 0 N–H and O–H groups in total. The molecule has 194 valence electrons. The predicted molar refractivity (Wildman–Crippen MR) is 156 cm³/mol. The van der Waals surface area contributed by atoms with E-state index in [9.17, 15) is 4.79 Å². The second-order valence-electron chi connectivity index (χ2n) is 9.23. The minimum absolute atomic E-state index is 0.00779. The van der Waals surface area contributed by atoms with Gasteiger partial charge in [0.1, 0.15) is 11.5 Å². The first-order valence-electron chi connectivity index (χ1n) is 12.3. The van der Waals surface area contributed by atoms with E-state index in [0.717, 1.165) is 42.7 Å². The van der Waals surface area contributed by atoms with Crippen LogP contribution in [0.4, 0.5) is 4.79 Å². The molecule has 1 unspecified atom stereocenters. The number of ether oxygens (including phenoxy) is 2. The molecule has 1 saturated heterocycles. The molecule has 0 saturated carbocycles. The summed E-state index contributed by atoms with van der Waals surface area (Å²) < 4.78 is 12.6. The van der Waals surface area contributed by atoms with Crippen molar-refractivity contribution in [3.8, 4) is 11.5 Å². The normalized spacial score (nSPS) is 17.1. The van der Waals surface area contributed by atoms with Gasteiger partial charge in [0.2, 0.25) is 0 Å². The van der Waals surface area contributed by atoms with E-state index < -0.39 is 0 Å². The zero-order valence-corrected chi connectivity index (χ0v) is 24.4. The van der Waals surface area contributed by atoms with Gasteiger partial charge in [0.25, 0.3) is 0 Å². The lowest BCUT2D eigenvalue weighted by Crippen LogP contribution is -2.32. The molecule has 0 spiro atoms. The number of halogens is 2. The van der Waals surface area contributed by atoms with Crippen molar-refractivity contribution in [2.75, 3.05) is 14.2 Å². The van der Waals surface area contributed by atoms with Crippen LogP contribution in [0.2, 0.25) is 0 Å². The largest absolute Gasteiger partial charge is 0.497 e. The third-order valence-electron chi connectivity index (χ3n) is 6.87. The van der Waals surface area contributed by atoms with Gasteiger partial charge in [0.15, 0.2) is 0 Å². The molecule has 5 nitrogen and oxygen atoms in total. The van der Waals surface area contributed by atoms with Crippen LogP contribution in [0.3, 0.4) is 0 Å². The van der Waals surface area contributed by atoms with Crippen LogP contribution in [0, 0.1) is 0 Å². The quantitative estimate of drug-likeness (QED) is 0.196. The highest BCUT2D eigenvalue weighted by atomic mass is 79.9. The molecule has 2 amide bonds. The van der Waals surface area contributed by atoms with E-state index in [1.54, 1.807) is 14.2 Å². The third-order valence-corrected chi connectivity index (χ3v) is 7.85. The Morgan fingerprint density at radius 1 is 0.632 bits per heavy atom. The minimum Gasteiger partial charge on any atom is -0.497 e. The third kappa shape index (κ3) is 5.59. The number of benzene rings is 4. The highest BCUT2D eigenvalue weighted by Crippen LogP contribution is 2.47. The van der Waals surface area contributed by atoms with Crippen molar-refractivity contribution >= 4 is 37.9 Å². The van der Waals surface area contributed by atoms with Gasteiger partial charge in [-0.2, -0.15) is 0 Å². The summed E-state index contributed by atoms with van der Waals surface area (Å²) in [5.74, 6) is 1.58. The van der Waals surface area contributed by atoms with Gasteiger partial charge in [-0.25, -0.2) is 4.79 Å². The molecular formula is C31H28Br2N2O3. The first-order valence-corrected chi connectivity index (χ1v) is 13.9. The van der Waals surface area contributed by atoms with Crippen LogP contribution in [0.5, 0.6) is 11.5 Å². The van der Waals surface area contributed by atoms with Gasteiger partial charge < -0.3 is 19.3 Å². The van der Waals surface area contributed by atoms with E-state index in [-0.39, 0.29) is 18.1 Å². The van der Waals surface area contributed by atoms with Crippen molar-refractivity contribution in [1.29, 1.82) is 0 Å². The Morgan fingerprint density at radius 2 is 1.03 bits per heavy atom. The number of carbonyl (C=O) groups is 1. The Hall–Kier alpha value is -3.29. The Kier molecular flexibility index (Phi) is 8.05. The summed E-state index contributed by atoms with van der Waals surface area (Å²) in [4.78, 5) is 18.2. The molecule has 0 bridgehead atoms. The number of hydrogen-bond donors (Lipinski definition) is 0. The second kappa shape index (κ2) is 11.6. The Bertz CT molecular complexity index is 1300. The number of carbonyl (C=O) groups excluding carboxylic acids is 1. The summed E-state index contributed by atoms with van der Waals surface area (Å²) in [5, 5.41) is 0. The summed E-state index contributed by atoms with van der Waals surface area (Å²) in [6.07, 6.45) is 0. The summed E-state index contributed by atoms with van der Waals surface area (Å²) in [6.45, 7) is 0.952. The van der Waals surface area contributed by atoms with E-state index in [0.29, 0.717) is 13.1 Å². The molecule has 1 heterocycles. The predicted octanol–water partition coefficient (Wildman–Crippen LogP) is 8.15. The van der Waals surface area contributed by atoms with Gasteiger partial charge in [0.05, 0.1) is 26.3 Å². The van der Waals surface area contributed by atoms with E-state index in [1.165, 1.54) is 0 Å². The summed E-state index contributed by atoms with van der Waals surface area (Å²) in [6, 6.07) is 31.9. The first-order chi connectivity index (χ1) is 18.5. The minimum atomic E-state index is -0.199. The molecule has 38 heavy (non-hydrogen) atoms. The fourth-order valence-electron chi connectivity index (χ4n) is 5.04. The van der Waals surface area contributed by atoms with Crippen molar-refractivity contribution in [2.45, 2.75) is 25.2 Å². The van der Waals surface area contributed by atoms with Crippen molar-refractivity contribution in [1.82, 2.24) is 9.80 Å². The number of hydrogen-bond acceptors (Lipinski definition) is 3. The van der Waals surface area contributed by atoms with E-state index in [2.05, 4.69) is 56.1 Å². The van der Waals surface area contributed by atoms with Crippen LogP contribution in [0.15, 0.2) is 106 Å². The lowest BCUT2D eigenvalue weighted by molar-refractivity contribution is 0.181. The molecule has 1 aliphatic heterocycles. The number of methoxy groups -OCH3 is 2. The smallest absolute Gasteiger partial charge is 0.321 e. The molecule has 0 aliphatic carbocycles. The highest BCUT2D eigenvalue weighted by molar-refractivity contribution is 9.10. The molecule has 0 radical (unpaired) electrons. The standard InChI is InChI=1S/C31H28Br2N2O3/c1-37-27-13-9-21(10-14-27)19-34-29(23-5-3-7-25(32)17-23)30(24-6-4-8-26(33)18-24)35(31(34)36)20-22-11-15-28(38-2)16-12-22/h3-18,29-30H,19-20H2,1-2H3/t29-,30?/m1/s1. The molecule has 5 rings (SSSR count). The number of rotatable bonds is 8. The van der Waals surface area contributed by atoms with Crippen molar-refractivity contribution in [3.63, 3.8) is 0 Å². The average molecular weight is 636 g/mol. The average Bonchev–Trinajstić information content (AvgIpc) is 3.20. The van der Waals surface area contributed by atoms with Crippen molar-refractivity contribution in [2.24, 2.45) is 0 Å². The molecular weight excluding hydrogens is 608 g/mol. The van der Waals surface area contributed by atoms with Crippen LogP contribution in [-0.4, -0.2) is 30.1 Å². The Balaban J connectivity index is 1.61. The number of amides is 2. The molecule has 1 fully saturated rings. The molecule has 2 atom stereocenters. The molecule has 0 aromatic heterocycles. The van der Waals surface area contributed by atoms with E-state index in [1.807, 2.05) is 82.6 Å². The van der Waals surface area contributed by atoms with Crippen molar-refractivity contribution < 1.29 is 14.3 Å². The maximum Gasteiger partial charge on any atom is 0.321 e. The van der Waals surface area contributed by atoms with Gasteiger partial charge in [-0.1, -0.05) is 80.4 Å². The first kappa shape index (κ1) is 26.3. The lowest BCUT2D eigenvalue weighted by atomic mass is 9.92. The van der Waals surface area contributed by atoms with E-state index in [4.69, 9.17) is 9.47 Å². The molecule has 4 aromatic carbocycles. The molecule has 4 aromatic rings. The number of nitrogens with zero attached hydrogens (tertiary/aromatic N) is 2. The number of urea groups is 1. The van der Waals surface area contributed by atoms with Gasteiger partial charge in [-0.15, -0.1) is 0 Å². The maximum atomic E-state index is 14.3. The fraction of sp³-hybridized carbons (Fsp3) is 0.194. The Labute approximate surface area is 240 Å². The zero-order valence-electron chi connectivity index (χ0n) is 21.2. The van der Waals surface area contributed by atoms with Gasteiger partial charge >= 0.3 is 6.03 Å². The lowest BCUT2D eigenvalue weighted by Gasteiger charge is -2.29. The Morgan fingerprint density at radius 3 is 1.37 bits per heavy atom. The van der Waals surface area contributed by atoms with Gasteiger partial charge in [-0.05, 0) is 70.8 Å². The summed E-state index contributed by atoms with van der Waals surface area (Å²) >= 11 is 7.29. The van der Waals surface area contributed by atoms with Crippen molar-refractivity contribution in [3.05, 3.63) is 128 Å². The van der Waals surface area contributed by atoms with Gasteiger partial charge in [0, 0.05) is 22.0 Å². The zero-order chi connectivity index (χ0) is 26.6. The van der Waals surface area contributed by atoms with Crippen LogP contribution < -0.4 is 9.47 Å². The van der Waals surface area contributed by atoms with Crippen LogP contribution in [0.1, 0.15) is 34.3 Å². The molecule has 7 heteroatoms. The van der Waals surface area contributed by atoms with Gasteiger partial charge in [-0.3, -0.25) is 0 Å². The fourth-order valence-corrected chi connectivity index (χ4v) is 5.87. The summed E-state index contributed by atoms with van der Waals surface area (Å²) in [5.41, 5.74) is 4.23.